The molecule has 0 aliphatic carbocycles. The molecule has 0 spiro atoms. The Labute approximate surface area is 201 Å². The van der Waals surface area contributed by atoms with Gasteiger partial charge in [-0.1, -0.05) is 29.4 Å². The van der Waals surface area contributed by atoms with Crippen LogP contribution in [0.5, 0.6) is 0 Å². The number of hydrogen-bond donors (Lipinski definition) is 0. The molecule has 1 aliphatic rings. The molecule has 1 unspecified atom stereocenters. The molecule has 34 heavy (non-hydrogen) atoms. The normalized spacial score (nSPS) is 14.2. The average Bonchev–Trinajstić information content (AvgIpc) is 3.38. The first kappa shape index (κ1) is 22.3. The number of esters is 1. The Morgan fingerprint density at radius 1 is 1.15 bits per heavy atom. The summed E-state index contributed by atoms with van der Waals surface area (Å²) in [5.41, 5.74) is 5.05. The van der Waals surface area contributed by atoms with Crippen LogP contribution in [0.1, 0.15) is 43.9 Å². The van der Waals surface area contributed by atoms with Crippen molar-refractivity contribution in [2.75, 3.05) is 6.54 Å². The first-order chi connectivity index (χ1) is 16.3. The van der Waals surface area contributed by atoms with E-state index in [1.165, 1.54) is 5.56 Å². The molecule has 8 heteroatoms. The zero-order valence-electron chi connectivity index (χ0n) is 19.5. The first-order valence-corrected chi connectivity index (χ1v) is 12.0. The van der Waals surface area contributed by atoms with Crippen LogP contribution in [0.2, 0.25) is 0 Å². The summed E-state index contributed by atoms with van der Waals surface area (Å²) in [6.07, 6.45) is -0.134. The zero-order valence-corrected chi connectivity index (χ0v) is 20.4. The Balaban J connectivity index is 1.41. The van der Waals surface area contributed by atoms with Crippen molar-refractivity contribution in [1.82, 2.24) is 15.0 Å². The van der Waals surface area contributed by atoms with Crippen LogP contribution >= 0.6 is 11.3 Å². The Kier molecular flexibility index (Phi) is 5.69. The van der Waals surface area contributed by atoms with Gasteiger partial charge in [0.25, 0.3) is 11.6 Å². The second kappa shape index (κ2) is 8.68. The minimum Gasteiger partial charge on any atom is -0.449 e. The lowest BCUT2D eigenvalue weighted by molar-refractivity contribution is -0.140. The molecule has 1 aromatic carbocycles. The molecule has 4 aromatic rings. The minimum atomic E-state index is -0.922. The van der Waals surface area contributed by atoms with Gasteiger partial charge in [-0.05, 0) is 57.4 Å². The monoisotopic (exact) mass is 475 g/mol. The van der Waals surface area contributed by atoms with E-state index < -0.39 is 12.1 Å². The molecule has 4 heterocycles. The third-order valence-corrected chi connectivity index (χ3v) is 7.19. The molecule has 1 amide bonds. The quantitative estimate of drug-likeness (QED) is 0.386. The summed E-state index contributed by atoms with van der Waals surface area (Å²) in [7, 11) is 0. The molecule has 0 saturated carbocycles. The van der Waals surface area contributed by atoms with Crippen molar-refractivity contribution in [3.63, 3.8) is 0 Å². The van der Waals surface area contributed by atoms with Crippen LogP contribution in [0.15, 0.2) is 40.9 Å². The van der Waals surface area contributed by atoms with Gasteiger partial charge in [-0.2, -0.15) is 0 Å². The van der Waals surface area contributed by atoms with E-state index in [9.17, 15) is 9.59 Å². The van der Waals surface area contributed by atoms with E-state index in [1.54, 1.807) is 36.2 Å². The maximum atomic E-state index is 13.3. The summed E-state index contributed by atoms with van der Waals surface area (Å²) in [5, 5.41) is 4.50. The van der Waals surface area contributed by atoms with Crippen LogP contribution in [0, 0.1) is 20.8 Å². The third kappa shape index (κ3) is 3.98. The van der Waals surface area contributed by atoms with Gasteiger partial charge in [0.05, 0.1) is 22.3 Å². The van der Waals surface area contributed by atoms with Crippen molar-refractivity contribution < 1.29 is 18.8 Å². The number of rotatable bonds is 4. The Hall–Kier alpha value is -3.52. The standard InChI is InChI=1S/C26H25N3O4S/c1-14-11-20(17(4)34-14)22-12-21(23-15(2)28-33-24(23)27-22)26(31)32-16(3)25(30)29-10-9-18-7-5-6-8-19(18)13-29/h5-8,11-12,16H,9-10,13H2,1-4H3. The van der Waals surface area contributed by atoms with Gasteiger partial charge in [0.2, 0.25) is 0 Å². The second-order valence-electron chi connectivity index (χ2n) is 8.66. The summed E-state index contributed by atoms with van der Waals surface area (Å²) in [6, 6.07) is 11.8. The second-order valence-corrected chi connectivity index (χ2v) is 10.1. The van der Waals surface area contributed by atoms with Crippen molar-refractivity contribution in [2.45, 2.75) is 46.8 Å². The summed E-state index contributed by atoms with van der Waals surface area (Å²) >= 11 is 1.66. The van der Waals surface area contributed by atoms with E-state index in [0.29, 0.717) is 35.4 Å². The van der Waals surface area contributed by atoms with E-state index in [1.807, 2.05) is 38.1 Å². The lowest BCUT2D eigenvalue weighted by Gasteiger charge is -2.30. The molecular weight excluding hydrogens is 450 g/mol. The predicted molar refractivity (Wildman–Crippen MR) is 130 cm³/mol. The van der Waals surface area contributed by atoms with Crippen molar-refractivity contribution in [3.05, 3.63) is 68.5 Å². The highest BCUT2D eigenvalue weighted by molar-refractivity contribution is 7.12. The number of thiophene rings is 1. The predicted octanol–water partition coefficient (Wildman–Crippen LogP) is 5.01. The van der Waals surface area contributed by atoms with Crippen LogP contribution in [0.3, 0.4) is 0 Å². The number of ether oxygens (including phenoxy) is 1. The van der Waals surface area contributed by atoms with E-state index in [0.717, 1.165) is 27.3 Å². The third-order valence-electron chi connectivity index (χ3n) is 6.23. The largest absolute Gasteiger partial charge is 0.449 e. The van der Waals surface area contributed by atoms with Crippen LogP contribution in [-0.4, -0.2) is 39.6 Å². The number of carbonyl (C=O) groups excluding carboxylic acids is 2. The molecule has 3 aromatic heterocycles. The summed E-state index contributed by atoms with van der Waals surface area (Å²) in [4.78, 5) is 35.0. The number of hydrogen-bond acceptors (Lipinski definition) is 7. The smallest absolute Gasteiger partial charge is 0.339 e. The highest BCUT2D eigenvalue weighted by atomic mass is 32.1. The van der Waals surface area contributed by atoms with Gasteiger partial charge in [-0.25, -0.2) is 9.78 Å². The van der Waals surface area contributed by atoms with Gasteiger partial charge < -0.3 is 14.2 Å². The number of aryl methyl sites for hydroxylation is 3. The van der Waals surface area contributed by atoms with E-state index in [4.69, 9.17) is 9.26 Å². The Morgan fingerprint density at radius 2 is 1.91 bits per heavy atom. The van der Waals surface area contributed by atoms with Crippen molar-refractivity contribution >= 4 is 34.3 Å². The number of benzene rings is 1. The minimum absolute atomic E-state index is 0.209. The van der Waals surface area contributed by atoms with Gasteiger partial charge in [0.15, 0.2) is 6.10 Å². The number of fused-ring (bicyclic) bond motifs is 2. The van der Waals surface area contributed by atoms with Gasteiger partial charge in [0.1, 0.15) is 0 Å². The molecule has 0 saturated heterocycles. The maximum Gasteiger partial charge on any atom is 0.339 e. The fourth-order valence-electron chi connectivity index (χ4n) is 4.49. The van der Waals surface area contributed by atoms with Gasteiger partial charge in [-0.3, -0.25) is 4.79 Å². The van der Waals surface area contributed by atoms with Gasteiger partial charge >= 0.3 is 5.97 Å². The van der Waals surface area contributed by atoms with Crippen LogP contribution < -0.4 is 0 Å². The van der Waals surface area contributed by atoms with Crippen molar-refractivity contribution in [2.24, 2.45) is 0 Å². The lowest BCUT2D eigenvalue weighted by Crippen LogP contribution is -2.42. The fourth-order valence-corrected chi connectivity index (χ4v) is 5.43. The zero-order chi connectivity index (χ0) is 24.0. The molecular formula is C26H25N3O4S. The summed E-state index contributed by atoms with van der Waals surface area (Å²) in [6.45, 7) is 8.53. The molecule has 0 bridgehead atoms. The molecule has 0 fully saturated rings. The number of amides is 1. The number of aromatic nitrogens is 2. The average molecular weight is 476 g/mol. The van der Waals surface area contributed by atoms with E-state index in [2.05, 4.69) is 16.2 Å². The molecule has 7 nitrogen and oxygen atoms in total. The SMILES string of the molecule is Cc1cc(-c2cc(C(=O)OC(C)C(=O)N3CCc4ccccc4C3)c3c(C)noc3n2)c(C)s1. The maximum absolute atomic E-state index is 13.3. The first-order valence-electron chi connectivity index (χ1n) is 11.2. The molecule has 1 aliphatic heterocycles. The van der Waals surface area contributed by atoms with Crippen molar-refractivity contribution in [1.29, 1.82) is 0 Å². The van der Waals surface area contributed by atoms with E-state index >= 15 is 0 Å². The fraction of sp³-hybridized carbons (Fsp3) is 0.308. The van der Waals surface area contributed by atoms with Gasteiger partial charge in [0, 0.05) is 28.4 Å². The van der Waals surface area contributed by atoms with Crippen LogP contribution in [0.25, 0.3) is 22.4 Å². The van der Waals surface area contributed by atoms with Crippen LogP contribution in [0.4, 0.5) is 0 Å². The lowest BCUT2D eigenvalue weighted by atomic mass is 9.99. The Bertz CT molecular complexity index is 1420. The van der Waals surface area contributed by atoms with Crippen LogP contribution in [-0.2, 0) is 22.5 Å². The molecule has 1 atom stereocenters. The molecule has 0 N–H and O–H groups in total. The summed E-state index contributed by atoms with van der Waals surface area (Å²) < 4.78 is 11.1. The van der Waals surface area contributed by atoms with E-state index in [-0.39, 0.29) is 11.6 Å². The Morgan fingerprint density at radius 3 is 2.65 bits per heavy atom. The highest BCUT2D eigenvalue weighted by Crippen LogP contribution is 2.33. The molecule has 174 valence electrons. The highest BCUT2D eigenvalue weighted by Gasteiger charge is 2.29. The molecule has 5 rings (SSSR count). The topological polar surface area (TPSA) is 85.5 Å². The number of pyridine rings is 1. The van der Waals surface area contributed by atoms with Crippen molar-refractivity contribution in [3.8, 4) is 11.3 Å². The number of carbonyl (C=O) groups is 2. The number of nitrogens with zero attached hydrogens (tertiary/aromatic N) is 3. The molecule has 0 radical (unpaired) electrons. The summed E-state index contributed by atoms with van der Waals surface area (Å²) in [5.74, 6) is -0.803. The van der Waals surface area contributed by atoms with Gasteiger partial charge in [-0.15, -0.1) is 11.3 Å².